The van der Waals surface area contributed by atoms with Crippen molar-refractivity contribution >= 4 is 11.3 Å². The topological polar surface area (TPSA) is 69.4 Å². The summed E-state index contributed by atoms with van der Waals surface area (Å²) in [5, 5.41) is 8.58. The van der Waals surface area contributed by atoms with Crippen LogP contribution in [0, 0.1) is 0 Å². The van der Waals surface area contributed by atoms with Crippen molar-refractivity contribution in [2.45, 2.75) is 51.6 Å². The summed E-state index contributed by atoms with van der Waals surface area (Å²) in [6, 6.07) is 1.99. The largest absolute Gasteiger partial charge is 0.364 e. The summed E-state index contributed by atoms with van der Waals surface area (Å²) in [5.41, 5.74) is -0.135. The van der Waals surface area contributed by atoms with Crippen molar-refractivity contribution in [1.82, 2.24) is 19.2 Å². The maximum Gasteiger partial charge on any atom is 0.332 e. The Morgan fingerprint density at radius 3 is 2.88 bits per heavy atom. The molecule has 25 heavy (non-hydrogen) atoms. The van der Waals surface area contributed by atoms with Crippen molar-refractivity contribution in [1.29, 1.82) is 0 Å². The van der Waals surface area contributed by atoms with E-state index in [9.17, 15) is 9.59 Å². The number of thiophene rings is 1. The number of rotatable bonds is 3. The molecule has 0 saturated carbocycles. The van der Waals surface area contributed by atoms with E-state index in [0.29, 0.717) is 12.4 Å². The zero-order valence-corrected chi connectivity index (χ0v) is 15.3. The van der Waals surface area contributed by atoms with E-state index >= 15 is 0 Å². The van der Waals surface area contributed by atoms with Gasteiger partial charge in [-0.15, -0.1) is 0 Å². The van der Waals surface area contributed by atoms with E-state index in [1.807, 2.05) is 13.8 Å². The van der Waals surface area contributed by atoms with Gasteiger partial charge in [0.15, 0.2) is 5.82 Å². The molecule has 2 aromatic heterocycles. The third-order valence-electron chi connectivity index (χ3n) is 5.00. The Hall–Kier alpha value is -1.77. The molecular weight excluding hydrogens is 340 g/mol. The van der Waals surface area contributed by atoms with E-state index in [1.54, 1.807) is 11.3 Å². The molecule has 0 N–H and O–H groups in total. The fraction of sp³-hybridized carbons (Fsp3) is 0.588. The first kappa shape index (κ1) is 16.7. The molecule has 1 spiro atoms. The van der Waals surface area contributed by atoms with Crippen LogP contribution in [0.5, 0.6) is 0 Å². The van der Waals surface area contributed by atoms with Gasteiger partial charge >= 0.3 is 11.1 Å². The number of hydrogen-bond acceptors (Lipinski definition) is 6. The second kappa shape index (κ2) is 6.19. The van der Waals surface area contributed by atoms with Gasteiger partial charge in [0.2, 0.25) is 0 Å². The minimum atomic E-state index is -0.552. The van der Waals surface area contributed by atoms with Crippen molar-refractivity contribution in [3.63, 3.8) is 0 Å². The van der Waals surface area contributed by atoms with Crippen molar-refractivity contribution in [2.75, 3.05) is 13.1 Å². The summed E-state index contributed by atoms with van der Waals surface area (Å²) in [4.78, 5) is 27.2. The maximum atomic E-state index is 12.5. The van der Waals surface area contributed by atoms with Crippen LogP contribution in [-0.4, -0.2) is 37.9 Å². The minimum absolute atomic E-state index is 0.144. The molecule has 1 saturated heterocycles. The first-order valence-corrected chi connectivity index (χ1v) is 9.52. The first-order valence-electron chi connectivity index (χ1n) is 8.57. The lowest BCUT2D eigenvalue weighted by atomic mass is 10.0. The molecule has 4 heterocycles. The molecule has 1 atom stereocenters. The van der Waals surface area contributed by atoms with Crippen LogP contribution in [0.25, 0.3) is 0 Å². The lowest BCUT2D eigenvalue weighted by Gasteiger charge is -2.35. The van der Waals surface area contributed by atoms with Crippen molar-refractivity contribution in [3.8, 4) is 0 Å². The normalized spacial score (nSPS) is 23.5. The fourth-order valence-corrected chi connectivity index (χ4v) is 4.34. The third-order valence-corrected chi connectivity index (χ3v) is 5.73. The first-order chi connectivity index (χ1) is 12.0. The van der Waals surface area contributed by atoms with Crippen LogP contribution in [-0.2, 0) is 24.4 Å². The quantitative estimate of drug-likeness (QED) is 0.768. The molecule has 0 aromatic carbocycles. The Labute approximate surface area is 149 Å². The van der Waals surface area contributed by atoms with Crippen LogP contribution in [0.3, 0.4) is 0 Å². The lowest BCUT2D eigenvalue weighted by molar-refractivity contribution is -0.0860. The van der Waals surface area contributed by atoms with E-state index in [0.717, 1.165) is 26.1 Å². The van der Waals surface area contributed by atoms with Crippen LogP contribution in [0.1, 0.15) is 37.7 Å². The molecule has 1 fully saturated rings. The van der Waals surface area contributed by atoms with Crippen molar-refractivity contribution < 1.29 is 4.74 Å². The summed E-state index contributed by atoms with van der Waals surface area (Å²) >= 11 is 1.70. The SMILES string of the molecule is CC(C)n1nc2n(c(=O)c1=O)C[C@]1(CCN(Cc3ccsc3)C1)OC2. The highest BCUT2D eigenvalue weighted by Crippen LogP contribution is 2.32. The molecule has 0 aliphatic carbocycles. The van der Waals surface area contributed by atoms with Crippen molar-refractivity contribution in [2.24, 2.45) is 0 Å². The predicted molar refractivity (Wildman–Crippen MR) is 94.9 cm³/mol. The molecule has 0 bridgehead atoms. The molecule has 7 nitrogen and oxygen atoms in total. The summed E-state index contributed by atoms with van der Waals surface area (Å²) in [5.74, 6) is 0.542. The fourth-order valence-electron chi connectivity index (χ4n) is 3.68. The standard InChI is InChI=1S/C17H22N4O3S/c1-12(2)21-16(23)15(22)20-11-17(24-8-14(20)18-21)4-5-19(10-17)7-13-3-6-25-9-13/h3,6,9,12H,4-5,7-8,10-11H2,1-2H3/t17-/m1/s1. The smallest absolute Gasteiger partial charge is 0.332 e. The van der Waals surface area contributed by atoms with Gasteiger partial charge in [-0.1, -0.05) is 0 Å². The molecular formula is C17H22N4O3S. The zero-order valence-electron chi connectivity index (χ0n) is 14.5. The van der Waals surface area contributed by atoms with Gasteiger partial charge in [0.1, 0.15) is 12.2 Å². The maximum absolute atomic E-state index is 12.5. The summed E-state index contributed by atoms with van der Waals surface area (Å²) < 4.78 is 8.94. The number of ether oxygens (including phenoxy) is 1. The average molecular weight is 362 g/mol. The second-order valence-electron chi connectivity index (χ2n) is 7.21. The zero-order chi connectivity index (χ0) is 17.6. The summed E-state index contributed by atoms with van der Waals surface area (Å²) in [7, 11) is 0. The molecule has 0 amide bonds. The van der Waals surface area contributed by atoms with Crippen LogP contribution in [0.4, 0.5) is 0 Å². The lowest BCUT2D eigenvalue weighted by Crippen LogP contribution is -2.53. The highest BCUT2D eigenvalue weighted by atomic mass is 32.1. The average Bonchev–Trinajstić information content (AvgIpc) is 3.22. The van der Waals surface area contributed by atoms with Gasteiger partial charge in [0.25, 0.3) is 0 Å². The van der Waals surface area contributed by atoms with Gasteiger partial charge in [-0.3, -0.25) is 19.1 Å². The number of likely N-dealkylation sites (tertiary alicyclic amines) is 1. The Balaban J connectivity index is 1.58. The third kappa shape index (κ3) is 2.98. The molecule has 0 unspecified atom stereocenters. The Morgan fingerprint density at radius 2 is 2.16 bits per heavy atom. The Morgan fingerprint density at radius 1 is 1.32 bits per heavy atom. The van der Waals surface area contributed by atoms with E-state index in [1.165, 1.54) is 14.8 Å². The molecule has 4 rings (SSSR count). The van der Waals surface area contributed by atoms with Gasteiger partial charge in [-0.2, -0.15) is 16.4 Å². The van der Waals surface area contributed by atoms with E-state index in [2.05, 4.69) is 26.8 Å². The monoisotopic (exact) mass is 362 g/mol. The Bertz CT molecular complexity index is 886. The van der Waals surface area contributed by atoms with Crippen LogP contribution in [0.15, 0.2) is 26.4 Å². The number of nitrogens with zero attached hydrogens (tertiary/aromatic N) is 4. The summed E-state index contributed by atoms with van der Waals surface area (Å²) in [6.07, 6.45) is 0.857. The molecule has 2 aliphatic heterocycles. The van der Waals surface area contributed by atoms with Crippen LogP contribution >= 0.6 is 11.3 Å². The molecule has 2 aliphatic rings. The molecule has 2 aromatic rings. The van der Waals surface area contributed by atoms with Gasteiger partial charge < -0.3 is 4.74 Å². The van der Waals surface area contributed by atoms with Gasteiger partial charge in [-0.25, -0.2) is 4.68 Å². The van der Waals surface area contributed by atoms with Crippen molar-refractivity contribution in [3.05, 3.63) is 48.9 Å². The van der Waals surface area contributed by atoms with Crippen LogP contribution < -0.4 is 11.1 Å². The molecule has 134 valence electrons. The molecule has 8 heteroatoms. The van der Waals surface area contributed by atoms with E-state index < -0.39 is 16.7 Å². The van der Waals surface area contributed by atoms with Gasteiger partial charge in [0.05, 0.1) is 12.6 Å². The second-order valence-corrected chi connectivity index (χ2v) is 7.99. The van der Waals surface area contributed by atoms with Gasteiger partial charge in [0, 0.05) is 19.6 Å². The number of fused-ring (bicyclic) bond motifs is 1. The highest BCUT2D eigenvalue weighted by molar-refractivity contribution is 7.07. The summed E-state index contributed by atoms with van der Waals surface area (Å²) in [6.45, 7) is 6.95. The van der Waals surface area contributed by atoms with E-state index in [-0.39, 0.29) is 12.6 Å². The minimum Gasteiger partial charge on any atom is -0.364 e. The number of aromatic nitrogens is 3. The van der Waals surface area contributed by atoms with Crippen LogP contribution in [0.2, 0.25) is 0 Å². The predicted octanol–water partition coefficient (Wildman–Crippen LogP) is 1.22. The van der Waals surface area contributed by atoms with Gasteiger partial charge in [-0.05, 0) is 42.7 Å². The Kier molecular flexibility index (Phi) is 4.13. The van der Waals surface area contributed by atoms with E-state index in [4.69, 9.17) is 4.74 Å². The molecule has 0 radical (unpaired) electrons. The highest BCUT2D eigenvalue weighted by Gasteiger charge is 2.43. The number of hydrogen-bond donors (Lipinski definition) is 0.